The molecule has 0 saturated carbocycles. The van der Waals surface area contributed by atoms with Gasteiger partial charge in [-0.25, -0.2) is 9.97 Å². The van der Waals surface area contributed by atoms with E-state index in [9.17, 15) is 0 Å². The maximum absolute atomic E-state index is 4.63. The Morgan fingerprint density at radius 1 is 1.37 bits per heavy atom. The highest BCUT2D eigenvalue weighted by Crippen LogP contribution is 2.27. The van der Waals surface area contributed by atoms with Crippen LogP contribution in [0.25, 0.3) is 0 Å². The highest BCUT2D eigenvalue weighted by molar-refractivity contribution is 7.98. The van der Waals surface area contributed by atoms with Crippen molar-refractivity contribution in [3.8, 4) is 0 Å². The fourth-order valence-corrected chi connectivity index (χ4v) is 2.98. The van der Waals surface area contributed by atoms with Crippen LogP contribution in [0.1, 0.15) is 6.92 Å². The molecule has 2 rings (SSSR count). The summed E-state index contributed by atoms with van der Waals surface area (Å²) in [6.45, 7) is 4.39. The lowest BCUT2D eigenvalue weighted by Crippen LogP contribution is -2.34. The smallest absolute Gasteiger partial charge is 0.191 e. The van der Waals surface area contributed by atoms with Crippen LogP contribution in [0, 0.1) is 5.92 Å². The number of thioether (sulfide) groups is 1. The Bertz CT molecular complexity index is 415. The van der Waals surface area contributed by atoms with Gasteiger partial charge in [-0.2, -0.15) is 0 Å². The molecule has 1 aliphatic heterocycles. The summed E-state index contributed by atoms with van der Waals surface area (Å²) >= 11 is 1.58. The molecule has 106 valence electrons. The number of anilines is 2. The van der Waals surface area contributed by atoms with Gasteiger partial charge in [-0.15, -0.1) is 0 Å². The van der Waals surface area contributed by atoms with Gasteiger partial charge in [0.15, 0.2) is 5.16 Å². The SMILES string of the molecule is CNc1cc(N2CC(C)C(N(C)C)C2)nc(SC)n1. The van der Waals surface area contributed by atoms with Crippen LogP contribution in [-0.4, -0.2) is 61.4 Å². The van der Waals surface area contributed by atoms with Crippen molar-refractivity contribution in [2.45, 2.75) is 18.1 Å². The van der Waals surface area contributed by atoms with Gasteiger partial charge in [0, 0.05) is 32.2 Å². The number of nitrogens with zero attached hydrogens (tertiary/aromatic N) is 4. The molecule has 1 saturated heterocycles. The standard InChI is InChI=1S/C13H23N5S/c1-9-7-18(8-10(9)17(3)4)12-6-11(14-2)15-13(16-12)19-5/h6,9-10H,7-8H2,1-5H3,(H,14,15,16). The minimum Gasteiger partial charge on any atom is -0.373 e. The van der Waals surface area contributed by atoms with E-state index < -0.39 is 0 Å². The first-order valence-corrected chi connectivity index (χ1v) is 7.79. The number of nitrogens with one attached hydrogen (secondary N) is 1. The highest BCUT2D eigenvalue weighted by Gasteiger charge is 2.31. The molecule has 0 radical (unpaired) electrons. The van der Waals surface area contributed by atoms with Gasteiger partial charge in [0.1, 0.15) is 11.6 Å². The molecule has 0 spiro atoms. The fraction of sp³-hybridized carbons (Fsp3) is 0.692. The van der Waals surface area contributed by atoms with Crippen molar-refractivity contribution in [3.05, 3.63) is 6.07 Å². The van der Waals surface area contributed by atoms with Crippen LogP contribution in [-0.2, 0) is 0 Å². The van der Waals surface area contributed by atoms with E-state index in [1.807, 2.05) is 19.4 Å². The van der Waals surface area contributed by atoms with E-state index >= 15 is 0 Å². The van der Waals surface area contributed by atoms with Crippen LogP contribution in [0.4, 0.5) is 11.6 Å². The molecule has 1 fully saturated rings. The van der Waals surface area contributed by atoms with Crippen molar-refractivity contribution < 1.29 is 0 Å². The summed E-state index contributed by atoms with van der Waals surface area (Å²) < 4.78 is 0. The lowest BCUT2D eigenvalue weighted by atomic mass is 10.1. The van der Waals surface area contributed by atoms with Crippen molar-refractivity contribution in [2.75, 3.05) is 50.7 Å². The Balaban J connectivity index is 2.23. The number of aromatic nitrogens is 2. The molecule has 19 heavy (non-hydrogen) atoms. The Labute approximate surface area is 119 Å². The first kappa shape index (κ1) is 14.4. The molecule has 0 aliphatic carbocycles. The quantitative estimate of drug-likeness (QED) is 0.668. The van der Waals surface area contributed by atoms with E-state index in [1.165, 1.54) is 0 Å². The molecule has 1 aliphatic rings. The number of hydrogen-bond acceptors (Lipinski definition) is 6. The van der Waals surface area contributed by atoms with E-state index in [-0.39, 0.29) is 0 Å². The molecule has 6 heteroatoms. The van der Waals surface area contributed by atoms with Gasteiger partial charge in [0.2, 0.25) is 0 Å². The van der Waals surface area contributed by atoms with Gasteiger partial charge in [-0.05, 0) is 26.3 Å². The fourth-order valence-electron chi connectivity index (χ4n) is 2.60. The van der Waals surface area contributed by atoms with Crippen molar-refractivity contribution in [1.82, 2.24) is 14.9 Å². The summed E-state index contributed by atoms with van der Waals surface area (Å²) in [5.41, 5.74) is 0. The Hall–Kier alpha value is -1.01. The Morgan fingerprint density at radius 2 is 2.11 bits per heavy atom. The minimum absolute atomic E-state index is 0.589. The summed E-state index contributed by atoms with van der Waals surface area (Å²) in [5.74, 6) is 2.57. The van der Waals surface area contributed by atoms with Gasteiger partial charge in [0.25, 0.3) is 0 Å². The normalized spacial score (nSPS) is 23.2. The lowest BCUT2D eigenvalue weighted by Gasteiger charge is -2.22. The van der Waals surface area contributed by atoms with Crippen LogP contribution in [0.2, 0.25) is 0 Å². The number of likely N-dealkylation sites (N-methyl/N-ethyl adjacent to an activating group) is 1. The topological polar surface area (TPSA) is 44.3 Å². The minimum atomic E-state index is 0.589. The average Bonchev–Trinajstić information content (AvgIpc) is 2.80. The molecule has 0 aromatic carbocycles. The second-order valence-corrected chi connectivity index (χ2v) is 6.03. The molecule has 1 aromatic rings. The van der Waals surface area contributed by atoms with Crippen molar-refractivity contribution in [1.29, 1.82) is 0 Å². The first-order valence-electron chi connectivity index (χ1n) is 6.57. The Morgan fingerprint density at radius 3 is 2.63 bits per heavy atom. The first-order chi connectivity index (χ1) is 9.05. The molecule has 1 N–H and O–H groups in total. The lowest BCUT2D eigenvalue weighted by molar-refractivity contribution is 0.266. The summed E-state index contributed by atoms with van der Waals surface area (Å²) in [6, 6.07) is 2.62. The van der Waals surface area contributed by atoms with Gasteiger partial charge in [-0.1, -0.05) is 18.7 Å². The maximum Gasteiger partial charge on any atom is 0.191 e. The van der Waals surface area contributed by atoms with Gasteiger partial charge in [0.05, 0.1) is 0 Å². The molecule has 0 bridgehead atoms. The second-order valence-electron chi connectivity index (χ2n) is 5.26. The highest BCUT2D eigenvalue weighted by atomic mass is 32.2. The average molecular weight is 281 g/mol. The van der Waals surface area contributed by atoms with Crippen LogP contribution in [0.3, 0.4) is 0 Å². The second kappa shape index (κ2) is 5.96. The molecule has 2 atom stereocenters. The van der Waals surface area contributed by atoms with E-state index in [0.717, 1.165) is 29.9 Å². The van der Waals surface area contributed by atoms with Crippen molar-refractivity contribution in [2.24, 2.45) is 5.92 Å². The third-order valence-electron chi connectivity index (χ3n) is 3.69. The maximum atomic E-state index is 4.63. The molecule has 5 nitrogen and oxygen atoms in total. The van der Waals surface area contributed by atoms with E-state index in [4.69, 9.17) is 0 Å². The molecule has 1 aromatic heterocycles. The molecule has 2 unspecified atom stereocenters. The van der Waals surface area contributed by atoms with E-state index in [0.29, 0.717) is 12.0 Å². The van der Waals surface area contributed by atoms with Crippen LogP contribution >= 0.6 is 11.8 Å². The van der Waals surface area contributed by atoms with Crippen LogP contribution in [0.15, 0.2) is 11.2 Å². The summed E-state index contributed by atoms with van der Waals surface area (Å²) in [4.78, 5) is 13.7. The van der Waals surface area contributed by atoms with Gasteiger partial charge >= 0.3 is 0 Å². The number of hydrogen-bond donors (Lipinski definition) is 1. The predicted molar refractivity (Wildman–Crippen MR) is 82.2 cm³/mol. The zero-order chi connectivity index (χ0) is 14.0. The van der Waals surface area contributed by atoms with Gasteiger partial charge in [-0.3, -0.25) is 0 Å². The van der Waals surface area contributed by atoms with Crippen LogP contribution < -0.4 is 10.2 Å². The number of rotatable bonds is 4. The molecule has 0 amide bonds. The molecular weight excluding hydrogens is 258 g/mol. The van der Waals surface area contributed by atoms with Crippen LogP contribution in [0.5, 0.6) is 0 Å². The third kappa shape index (κ3) is 3.12. The summed E-state index contributed by atoms with van der Waals surface area (Å²) in [7, 11) is 6.19. The van der Waals surface area contributed by atoms with Crippen molar-refractivity contribution >= 4 is 23.4 Å². The van der Waals surface area contributed by atoms with Gasteiger partial charge < -0.3 is 15.1 Å². The summed E-state index contributed by atoms with van der Waals surface area (Å²) in [6.07, 6.45) is 2.01. The third-order valence-corrected chi connectivity index (χ3v) is 4.24. The van der Waals surface area contributed by atoms with Crippen molar-refractivity contribution in [3.63, 3.8) is 0 Å². The predicted octanol–water partition coefficient (Wildman–Crippen LogP) is 1.63. The Kier molecular flexibility index (Phi) is 4.52. The molecule has 2 heterocycles. The summed E-state index contributed by atoms with van der Waals surface area (Å²) in [5, 5.41) is 3.93. The van der Waals surface area contributed by atoms with E-state index in [2.05, 4.69) is 46.1 Å². The zero-order valence-electron chi connectivity index (χ0n) is 12.3. The molecular formula is C13H23N5S. The largest absolute Gasteiger partial charge is 0.373 e. The zero-order valence-corrected chi connectivity index (χ0v) is 13.2. The monoisotopic (exact) mass is 281 g/mol. The van der Waals surface area contributed by atoms with E-state index in [1.54, 1.807) is 11.8 Å².